The van der Waals surface area contributed by atoms with E-state index in [-0.39, 0.29) is 5.82 Å². The molecule has 3 rings (SSSR count). The molecule has 0 unspecified atom stereocenters. The van der Waals surface area contributed by atoms with Gasteiger partial charge in [0.25, 0.3) is 0 Å². The molecule has 6 heteroatoms. The third-order valence-electron chi connectivity index (χ3n) is 3.59. The summed E-state index contributed by atoms with van der Waals surface area (Å²) >= 11 is 0. The molecule has 0 radical (unpaired) electrons. The Kier molecular flexibility index (Phi) is 3.69. The third-order valence-corrected chi connectivity index (χ3v) is 3.59. The second-order valence-electron chi connectivity index (χ2n) is 5.15. The van der Waals surface area contributed by atoms with E-state index in [2.05, 4.69) is 27.7 Å². The van der Waals surface area contributed by atoms with Crippen LogP contribution in [0.4, 0.5) is 5.82 Å². The predicted octanol–water partition coefficient (Wildman–Crippen LogP) is 2.89. The van der Waals surface area contributed by atoms with E-state index < -0.39 is 0 Å². The Morgan fingerprint density at radius 3 is 2.96 bits per heavy atom. The molecule has 0 aliphatic carbocycles. The topological polar surface area (TPSA) is 96.3 Å². The van der Waals surface area contributed by atoms with Crippen LogP contribution in [-0.4, -0.2) is 19.7 Å². The second kappa shape index (κ2) is 5.81. The fraction of sp³-hybridized carbons (Fsp3) is 0.118. The molecular formula is C17H16N6. The van der Waals surface area contributed by atoms with E-state index in [1.165, 1.54) is 0 Å². The first kappa shape index (κ1) is 14.6. The molecule has 0 saturated carbocycles. The molecule has 0 aliphatic rings. The van der Waals surface area contributed by atoms with E-state index in [1.807, 2.05) is 37.5 Å². The van der Waals surface area contributed by atoms with Crippen molar-refractivity contribution in [3.63, 3.8) is 0 Å². The highest BCUT2D eigenvalue weighted by atomic mass is 15.3. The Bertz CT molecular complexity index is 896. The van der Waals surface area contributed by atoms with Crippen molar-refractivity contribution < 1.29 is 0 Å². The third kappa shape index (κ3) is 2.60. The van der Waals surface area contributed by atoms with Crippen molar-refractivity contribution >= 4 is 5.82 Å². The first-order valence-corrected chi connectivity index (χ1v) is 7.13. The minimum Gasteiger partial charge on any atom is -0.383 e. The van der Waals surface area contributed by atoms with Gasteiger partial charge >= 0.3 is 0 Å². The van der Waals surface area contributed by atoms with Crippen LogP contribution in [-0.2, 0) is 6.54 Å². The number of pyridine rings is 1. The quantitative estimate of drug-likeness (QED) is 0.724. The van der Waals surface area contributed by atoms with Gasteiger partial charge in [-0.1, -0.05) is 6.08 Å². The van der Waals surface area contributed by atoms with Gasteiger partial charge in [0, 0.05) is 23.5 Å². The number of aromatic amines is 1. The number of hydrogen-bond donors (Lipinski definition) is 2. The van der Waals surface area contributed by atoms with Gasteiger partial charge in [-0.3, -0.25) is 4.68 Å². The van der Waals surface area contributed by atoms with Gasteiger partial charge in [0.05, 0.1) is 23.6 Å². The van der Waals surface area contributed by atoms with E-state index in [4.69, 9.17) is 5.73 Å². The maximum absolute atomic E-state index is 9.46. The summed E-state index contributed by atoms with van der Waals surface area (Å²) < 4.78 is 1.78. The number of nitrogens with zero attached hydrogens (tertiary/aromatic N) is 4. The van der Waals surface area contributed by atoms with Gasteiger partial charge in [-0.15, -0.1) is 6.58 Å². The van der Waals surface area contributed by atoms with Gasteiger partial charge in [-0.05, 0) is 25.1 Å². The zero-order valence-corrected chi connectivity index (χ0v) is 12.7. The van der Waals surface area contributed by atoms with Crippen LogP contribution in [0.2, 0.25) is 0 Å². The summed E-state index contributed by atoms with van der Waals surface area (Å²) in [5.41, 5.74) is 10.3. The summed E-state index contributed by atoms with van der Waals surface area (Å²) in [5.74, 6) is 0.213. The van der Waals surface area contributed by atoms with Gasteiger partial charge in [0.2, 0.25) is 0 Å². The lowest BCUT2D eigenvalue weighted by Gasteiger charge is -2.08. The molecule has 0 atom stereocenters. The summed E-state index contributed by atoms with van der Waals surface area (Å²) in [4.78, 5) is 7.43. The zero-order valence-electron chi connectivity index (χ0n) is 12.7. The number of allylic oxidation sites excluding steroid dienone is 1. The molecule has 23 heavy (non-hydrogen) atoms. The molecule has 0 amide bonds. The number of anilines is 1. The molecule has 0 aromatic carbocycles. The maximum Gasteiger partial charge on any atom is 0.142 e. The lowest BCUT2D eigenvalue weighted by atomic mass is 10.0. The molecule has 0 bridgehead atoms. The van der Waals surface area contributed by atoms with Crippen LogP contribution in [0.5, 0.6) is 0 Å². The molecule has 3 heterocycles. The van der Waals surface area contributed by atoms with Crippen LogP contribution in [0.25, 0.3) is 22.5 Å². The first-order chi connectivity index (χ1) is 11.1. The van der Waals surface area contributed by atoms with Crippen molar-refractivity contribution in [2.45, 2.75) is 13.5 Å². The van der Waals surface area contributed by atoms with Gasteiger partial charge in [-0.25, -0.2) is 4.98 Å². The van der Waals surface area contributed by atoms with E-state index in [0.29, 0.717) is 17.8 Å². The van der Waals surface area contributed by atoms with Gasteiger partial charge in [-0.2, -0.15) is 10.4 Å². The number of aryl methyl sites for hydroxylation is 1. The smallest absolute Gasteiger partial charge is 0.142 e. The number of hydrogen-bond acceptors (Lipinski definition) is 4. The number of nitriles is 1. The summed E-state index contributed by atoms with van der Waals surface area (Å²) in [6.45, 7) is 6.22. The van der Waals surface area contributed by atoms with Crippen molar-refractivity contribution in [1.29, 1.82) is 5.26 Å². The molecule has 0 fully saturated rings. The van der Waals surface area contributed by atoms with Crippen molar-refractivity contribution in [2.24, 2.45) is 0 Å². The molecule has 0 spiro atoms. The van der Waals surface area contributed by atoms with Gasteiger partial charge in [0.1, 0.15) is 17.5 Å². The fourth-order valence-electron chi connectivity index (χ4n) is 2.53. The van der Waals surface area contributed by atoms with Gasteiger partial charge in [0.15, 0.2) is 0 Å². The van der Waals surface area contributed by atoms with Crippen molar-refractivity contribution in [3.05, 3.63) is 54.5 Å². The minimum absolute atomic E-state index is 0.213. The van der Waals surface area contributed by atoms with Crippen LogP contribution < -0.4 is 5.73 Å². The largest absolute Gasteiger partial charge is 0.383 e. The van der Waals surface area contributed by atoms with E-state index >= 15 is 0 Å². The van der Waals surface area contributed by atoms with E-state index in [9.17, 15) is 5.26 Å². The molecular weight excluding hydrogens is 288 g/mol. The van der Waals surface area contributed by atoms with E-state index in [0.717, 1.165) is 22.5 Å². The Labute approximate surface area is 133 Å². The maximum atomic E-state index is 9.46. The highest BCUT2D eigenvalue weighted by molar-refractivity contribution is 5.80. The SMILES string of the molecule is C=CCn1cc(-c2cc(-c3ccc[nH]3)nc(N)c2C#N)c(C)n1. The fourth-order valence-corrected chi connectivity index (χ4v) is 2.53. The highest BCUT2D eigenvalue weighted by Crippen LogP contribution is 2.32. The molecule has 3 aromatic heterocycles. The number of nitrogen functional groups attached to an aromatic ring is 1. The molecule has 0 aliphatic heterocycles. The summed E-state index contributed by atoms with van der Waals surface area (Å²) in [6, 6.07) is 7.81. The average molecular weight is 304 g/mol. The summed E-state index contributed by atoms with van der Waals surface area (Å²) in [5, 5.41) is 13.9. The molecule has 3 aromatic rings. The van der Waals surface area contributed by atoms with E-state index in [1.54, 1.807) is 10.8 Å². The predicted molar refractivity (Wildman–Crippen MR) is 89.3 cm³/mol. The standard InChI is InChI=1S/C17H16N6/c1-3-7-23-10-14(11(2)22-23)12-8-16(15-5-4-6-20-15)21-17(19)13(12)9-18/h3-6,8,10,20H,1,7H2,2H3,(H2,19,21). The minimum atomic E-state index is 0.213. The lowest BCUT2D eigenvalue weighted by Crippen LogP contribution is -2.00. The Morgan fingerprint density at radius 1 is 1.48 bits per heavy atom. The number of nitrogens with one attached hydrogen (secondary N) is 1. The Hall–Kier alpha value is -3.33. The van der Waals surface area contributed by atoms with Crippen molar-refractivity contribution in [2.75, 3.05) is 5.73 Å². The lowest BCUT2D eigenvalue weighted by molar-refractivity contribution is 0.695. The molecule has 3 N–H and O–H groups in total. The number of rotatable bonds is 4. The summed E-state index contributed by atoms with van der Waals surface area (Å²) in [7, 11) is 0. The summed E-state index contributed by atoms with van der Waals surface area (Å²) in [6.07, 6.45) is 5.48. The molecule has 6 nitrogen and oxygen atoms in total. The van der Waals surface area contributed by atoms with Crippen molar-refractivity contribution in [3.8, 4) is 28.6 Å². The normalized spacial score (nSPS) is 10.4. The van der Waals surface area contributed by atoms with Crippen LogP contribution >= 0.6 is 0 Å². The average Bonchev–Trinajstić information content (AvgIpc) is 3.16. The Morgan fingerprint density at radius 2 is 2.30 bits per heavy atom. The van der Waals surface area contributed by atoms with Crippen LogP contribution in [0.3, 0.4) is 0 Å². The molecule has 0 saturated heterocycles. The van der Waals surface area contributed by atoms with Crippen LogP contribution in [0, 0.1) is 18.3 Å². The zero-order chi connectivity index (χ0) is 16.4. The van der Waals surface area contributed by atoms with Crippen LogP contribution in [0.15, 0.2) is 43.2 Å². The Balaban J connectivity index is 2.21. The first-order valence-electron chi connectivity index (χ1n) is 7.13. The number of H-pyrrole nitrogens is 1. The monoisotopic (exact) mass is 304 g/mol. The molecule has 114 valence electrons. The number of nitrogens with two attached hydrogens (primary N) is 1. The highest BCUT2D eigenvalue weighted by Gasteiger charge is 2.17. The number of aromatic nitrogens is 4. The van der Waals surface area contributed by atoms with Crippen LogP contribution in [0.1, 0.15) is 11.3 Å². The second-order valence-corrected chi connectivity index (χ2v) is 5.15. The van der Waals surface area contributed by atoms with Crippen molar-refractivity contribution in [1.82, 2.24) is 19.7 Å². The van der Waals surface area contributed by atoms with Gasteiger partial charge < -0.3 is 10.7 Å².